The van der Waals surface area contributed by atoms with E-state index in [1.165, 1.54) is 75.1 Å². The quantitative estimate of drug-likeness (QED) is 0.377. The van der Waals surface area contributed by atoms with Crippen molar-refractivity contribution in [3.05, 3.63) is 0 Å². The summed E-state index contributed by atoms with van der Waals surface area (Å²) in [5.41, 5.74) is 0. The van der Waals surface area contributed by atoms with Crippen LogP contribution in [0.3, 0.4) is 0 Å². The van der Waals surface area contributed by atoms with Crippen LogP contribution >= 0.6 is 0 Å². The summed E-state index contributed by atoms with van der Waals surface area (Å²) in [5.74, 6) is 0. The molecule has 0 rings (SSSR count). The topological polar surface area (TPSA) is 0 Å². The maximum atomic E-state index is 2.29. The van der Waals surface area contributed by atoms with Crippen LogP contribution in [0.1, 0.15) is 77.6 Å². The van der Waals surface area contributed by atoms with E-state index in [2.05, 4.69) is 6.92 Å². The fourth-order valence-electron chi connectivity index (χ4n) is 1.79. The normalized spacial score (nSPS) is 10.8. The van der Waals surface area contributed by atoms with Crippen LogP contribution < -0.4 is 0 Å². The van der Waals surface area contributed by atoms with Crippen LogP contribution in [-0.4, -0.2) is 22.5 Å². The Hall–Kier alpha value is 0.799. The molecular formula is C13H27Sn+3. The van der Waals surface area contributed by atoms with Gasteiger partial charge < -0.3 is 0 Å². The zero-order chi connectivity index (χ0) is 10.5. The van der Waals surface area contributed by atoms with E-state index in [0.29, 0.717) is 0 Å². The van der Waals surface area contributed by atoms with E-state index >= 15 is 0 Å². The van der Waals surface area contributed by atoms with Gasteiger partial charge in [0.05, 0.1) is 0 Å². The summed E-state index contributed by atoms with van der Waals surface area (Å²) in [7, 11) is 0. The molecule has 0 fully saturated rings. The molecule has 14 heavy (non-hydrogen) atoms. The van der Waals surface area contributed by atoms with Gasteiger partial charge in [0, 0.05) is 0 Å². The fraction of sp³-hybridized carbons (Fsp3) is 1.00. The molecule has 0 N–H and O–H groups in total. The number of hydrogen-bond donors (Lipinski definition) is 0. The van der Waals surface area contributed by atoms with Gasteiger partial charge in [0.1, 0.15) is 0 Å². The van der Waals surface area contributed by atoms with Crippen molar-refractivity contribution < 1.29 is 0 Å². The molecule has 0 spiro atoms. The molecule has 0 unspecified atom stereocenters. The van der Waals surface area contributed by atoms with Crippen molar-refractivity contribution in [2.24, 2.45) is 0 Å². The molecule has 0 bridgehead atoms. The Balaban J connectivity index is 2.78. The van der Waals surface area contributed by atoms with Gasteiger partial charge in [0.2, 0.25) is 0 Å². The van der Waals surface area contributed by atoms with Gasteiger partial charge in [0.15, 0.2) is 0 Å². The van der Waals surface area contributed by atoms with Crippen LogP contribution in [0.25, 0.3) is 0 Å². The van der Waals surface area contributed by atoms with Crippen molar-refractivity contribution in [3.63, 3.8) is 0 Å². The number of unbranched alkanes of at least 4 members (excludes halogenated alkanes) is 10. The molecule has 0 radical (unpaired) electrons. The van der Waals surface area contributed by atoms with E-state index in [4.69, 9.17) is 0 Å². The first-order valence-corrected chi connectivity index (χ1v) is 8.58. The third kappa shape index (κ3) is 12.8. The number of rotatable bonds is 11. The minimum absolute atomic E-state index is 1.37. The third-order valence-electron chi connectivity index (χ3n) is 2.78. The molecule has 80 valence electrons. The molecule has 0 nitrogen and oxygen atoms in total. The van der Waals surface area contributed by atoms with Gasteiger partial charge in [-0.05, 0) is 0 Å². The van der Waals surface area contributed by atoms with E-state index in [1.54, 1.807) is 22.5 Å². The van der Waals surface area contributed by atoms with Crippen molar-refractivity contribution in [2.75, 3.05) is 0 Å². The Kier molecular flexibility index (Phi) is 14.6. The molecule has 0 aromatic heterocycles. The van der Waals surface area contributed by atoms with Crippen LogP contribution in [-0.2, 0) is 0 Å². The van der Waals surface area contributed by atoms with Crippen molar-refractivity contribution >= 4 is 22.5 Å². The molecule has 0 saturated heterocycles. The standard InChI is InChI=1S/C13H27.Sn/c1-3-5-7-9-11-13-12-10-8-6-4-2;/h1,3-13H2,2H3;/q;+3. The Morgan fingerprint density at radius 2 is 0.929 bits per heavy atom. The third-order valence-corrected chi connectivity index (χ3v) is 3.79. The zero-order valence-corrected chi connectivity index (χ0v) is 12.8. The summed E-state index contributed by atoms with van der Waals surface area (Å²) in [6, 6.07) is 0. The average Bonchev–Trinajstić information content (AvgIpc) is 2.21. The first kappa shape index (κ1) is 14.8. The van der Waals surface area contributed by atoms with E-state index in [-0.39, 0.29) is 0 Å². The van der Waals surface area contributed by atoms with E-state index < -0.39 is 0 Å². The van der Waals surface area contributed by atoms with Gasteiger partial charge in [-0.15, -0.1) is 0 Å². The summed E-state index contributed by atoms with van der Waals surface area (Å²) < 4.78 is 1.46. The molecule has 0 heterocycles. The summed E-state index contributed by atoms with van der Waals surface area (Å²) >= 11 is 1.72. The van der Waals surface area contributed by atoms with E-state index in [0.717, 1.165) is 0 Å². The van der Waals surface area contributed by atoms with Crippen LogP contribution in [0.2, 0.25) is 4.44 Å². The van der Waals surface area contributed by atoms with Gasteiger partial charge >= 0.3 is 97.6 Å². The van der Waals surface area contributed by atoms with E-state index in [9.17, 15) is 0 Å². The maximum absolute atomic E-state index is 2.29. The molecule has 0 aliphatic carbocycles. The van der Waals surface area contributed by atoms with Crippen molar-refractivity contribution in [1.82, 2.24) is 0 Å². The Morgan fingerprint density at radius 3 is 1.29 bits per heavy atom. The summed E-state index contributed by atoms with van der Waals surface area (Å²) in [6.45, 7) is 2.29. The van der Waals surface area contributed by atoms with E-state index in [1.807, 2.05) is 0 Å². The molecule has 1 heteroatoms. The second kappa shape index (κ2) is 13.8. The molecular weight excluding hydrogens is 275 g/mol. The first-order valence-electron chi connectivity index (χ1n) is 6.56. The van der Waals surface area contributed by atoms with Crippen molar-refractivity contribution in [2.45, 2.75) is 82.0 Å². The summed E-state index contributed by atoms with van der Waals surface area (Å²) in [5, 5.41) is 0. The molecule has 0 amide bonds. The monoisotopic (exact) mass is 303 g/mol. The Bertz CT molecular complexity index is 79.2. The summed E-state index contributed by atoms with van der Waals surface area (Å²) in [4.78, 5) is 0. The molecule has 0 aliphatic rings. The Labute approximate surface area is 104 Å². The molecule has 0 aliphatic heterocycles. The predicted molar refractivity (Wildman–Crippen MR) is 67.0 cm³/mol. The Morgan fingerprint density at radius 1 is 0.571 bits per heavy atom. The number of hydrogen-bond acceptors (Lipinski definition) is 0. The first-order chi connectivity index (χ1) is 6.91. The average molecular weight is 302 g/mol. The SMILES string of the molecule is CCCCCCCCCCCC[CH2][Sn+3]. The summed E-state index contributed by atoms with van der Waals surface area (Å²) in [6.07, 6.45) is 16.2. The van der Waals surface area contributed by atoms with Crippen molar-refractivity contribution in [3.8, 4) is 0 Å². The molecule has 0 saturated carbocycles. The van der Waals surface area contributed by atoms with Crippen LogP contribution in [0.4, 0.5) is 0 Å². The van der Waals surface area contributed by atoms with Gasteiger partial charge in [0.25, 0.3) is 0 Å². The van der Waals surface area contributed by atoms with Crippen LogP contribution in [0.15, 0.2) is 0 Å². The minimum atomic E-state index is 1.37. The predicted octanol–water partition coefficient (Wildman–Crippen LogP) is 4.88. The van der Waals surface area contributed by atoms with Gasteiger partial charge in [-0.1, -0.05) is 6.92 Å². The van der Waals surface area contributed by atoms with Gasteiger partial charge in [-0.3, -0.25) is 0 Å². The second-order valence-electron chi connectivity index (χ2n) is 4.29. The molecule has 0 aromatic carbocycles. The fourth-order valence-corrected chi connectivity index (χ4v) is 2.50. The van der Waals surface area contributed by atoms with Crippen LogP contribution in [0, 0.1) is 0 Å². The van der Waals surface area contributed by atoms with Crippen molar-refractivity contribution in [1.29, 1.82) is 0 Å². The van der Waals surface area contributed by atoms with Gasteiger partial charge in [-0.2, -0.15) is 0 Å². The molecule has 0 aromatic rings. The van der Waals surface area contributed by atoms with Gasteiger partial charge in [-0.25, -0.2) is 0 Å². The molecule has 0 atom stereocenters. The van der Waals surface area contributed by atoms with Crippen LogP contribution in [0.5, 0.6) is 0 Å². The second-order valence-corrected chi connectivity index (χ2v) is 5.71. The zero-order valence-electron chi connectivity index (χ0n) is 9.99.